The summed E-state index contributed by atoms with van der Waals surface area (Å²) in [4.78, 5) is 42.4. The highest BCUT2D eigenvalue weighted by Crippen LogP contribution is 2.39. The molecule has 1 aliphatic heterocycles. The number of hydrogen-bond acceptors (Lipinski definition) is 8. The van der Waals surface area contributed by atoms with Gasteiger partial charge in [0, 0.05) is 5.59 Å². The number of halogens is 6. The Labute approximate surface area is 267 Å². The van der Waals surface area contributed by atoms with Crippen LogP contribution in [0.1, 0.15) is 68.1 Å². The van der Waals surface area contributed by atoms with E-state index < -0.39 is 83.3 Å². The molecule has 11 nitrogen and oxygen atoms in total. The summed E-state index contributed by atoms with van der Waals surface area (Å²) < 4.78 is 106. The number of nitrogens with zero attached hydrogens (tertiary/aromatic N) is 1. The highest BCUT2D eigenvalue weighted by atomic mass is 19.4. The second-order valence-electron chi connectivity index (χ2n) is 11.6. The van der Waals surface area contributed by atoms with Gasteiger partial charge in [-0.25, -0.2) is 4.79 Å². The number of benzene rings is 1. The molecular formula is C29H35BF6N4O7. The second-order valence-corrected chi connectivity index (χ2v) is 11.6. The fourth-order valence-corrected chi connectivity index (χ4v) is 4.49. The maximum atomic E-state index is 14.7. The van der Waals surface area contributed by atoms with Crippen molar-refractivity contribution >= 4 is 37.0 Å². The molecule has 0 bridgehead atoms. The van der Waals surface area contributed by atoms with E-state index in [9.17, 15) is 40.7 Å². The minimum atomic E-state index is -5.29. The first-order valence-electron chi connectivity index (χ1n) is 14.5. The molecule has 47 heavy (non-hydrogen) atoms. The van der Waals surface area contributed by atoms with Crippen molar-refractivity contribution in [3.05, 3.63) is 53.2 Å². The molecule has 3 N–H and O–H groups in total. The van der Waals surface area contributed by atoms with Crippen LogP contribution in [0, 0.1) is 0 Å². The summed E-state index contributed by atoms with van der Waals surface area (Å²) in [5.74, 6) is -3.23. The molecule has 1 atom stereocenters. The molecule has 1 aromatic heterocycles. The summed E-state index contributed by atoms with van der Waals surface area (Å²) in [7, 11) is 0.934. The predicted molar refractivity (Wildman–Crippen MR) is 157 cm³/mol. The molecule has 1 saturated heterocycles. The first kappa shape index (κ1) is 37.6. The molecule has 18 heteroatoms. The van der Waals surface area contributed by atoms with Crippen LogP contribution >= 0.6 is 0 Å². The molecule has 258 valence electrons. The fraction of sp³-hybridized carbons (Fsp3) is 0.517. The second kappa shape index (κ2) is 15.3. The van der Waals surface area contributed by atoms with Gasteiger partial charge in [-0.3, -0.25) is 30.7 Å². The van der Waals surface area contributed by atoms with Gasteiger partial charge in [0.2, 0.25) is 5.60 Å². The van der Waals surface area contributed by atoms with Crippen molar-refractivity contribution < 1.29 is 59.7 Å². The van der Waals surface area contributed by atoms with E-state index in [2.05, 4.69) is 4.98 Å². The van der Waals surface area contributed by atoms with Gasteiger partial charge < -0.3 is 18.9 Å². The first-order valence-corrected chi connectivity index (χ1v) is 14.5. The van der Waals surface area contributed by atoms with Gasteiger partial charge in [-0.15, -0.1) is 0 Å². The molecule has 1 fully saturated rings. The van der Waals surface area contributed by atoms with Crippen molar-refractivity contribution in [3.8, 4) is 0 Å². The number of aromatic nitrogens is 1. The zero-order valence-corrected chi connectivity index (χ0v) is 26.1. The number of amides is 3. The summed E-state index contributed by atoms with van der Waals surface area (Å²) in [5, 5.41) is 2.00. The van der Waals surface area contributed by atoms with Crippen LogP contribution in [0.3, 0.4) is 0 Å². The number of pyridine rings is 1. The summed E-state index contributed by atoms with van der Waals surface area (Å²) >= 11 is 0. The lowest BCUT2D eigenvalue weighted by Gasteiger charge is -2.34. The van der Waals surface area contributed by atoms with Crippen molar-refractivity contribution in [2.75, 3.05) is 18.5 Å². The van der Waals surface area contributed by atoms with Crippen LogP contribution in [-0.4, -0.2) is 67.6 Å². The largest absolute Gasteiger partial charge is 0.444 e. The molecule has 1 aliphatic rings. The van der Waals surface area contributed by atoms with E-state index in [4.69, 9.17) is 18.9 Å². The van der Waals surface area contributed by atoms with Crippen LogP contribution in [0.5, 0.6) is 0 Å². The fourth-order valence-electron chi connectivity index (χ4n) is 4.49. The Balaban J connectivity index is 1.87. The average Bonchev–Trinajstić information content (AvgIpc) is 3.48. The Morgan fingerprint density at radius 3 is 2.19 bits per heavy atom. The summed E-state index contributed by atoms with van der Waals surface area (Å²) in [5.41, 5.74) is -4.37. The number of nitrogens with one attached hydrogen (secondary N) is 3. The monoisotopic (exact) mass is 676 g/mol. The Bertz CT molecular complexity index is 1400. The molecule has 0 unspecified atom stereocenters. The smallest absolute Gasteiger partial charge is 0.426 e. The van der Waals surface area contributed by atoms with Gasteiger partial charge in [0.05, 0.1) is 31.1 Å². The lowest BCUT2D eigenvalue weighted by molar-refractivity contribution is -0.273. The van der Waals surface area contributed by atoms with Gasteiger partial charge in [0.25, 0.3) is 11.8 Å². The maximum absolute atomic E-state index is 14.7. The Morgan fingerprint density at radius 1 is 0.979 bits per heavy atom. The van der Waals surface area contributed by atoms with E-state index >= 15 is 0 Å². The van der Waals surface area contributed by atoms with Gasteiger partial charge in [-0.1, -0.05) is 30.3 Å². The first-order chi connectivity index (χ1) is 21.8. The van der Waals surface area contributed by atoms with Crippen LogP contribution < -0.4 is 21.8 Å². The molecule has 3 amide bonds. The van der Waals surface area contributed by atoms with E-state index in [-0.39, 0.29) is 19.3 Å². The highest BCUT2D eigenvalue weighted by Gasteiger charge is 2.61. The van der Waals surface area contributed by atoms with E-state index in [1.807, 2.05) is 5.32 Å². The lowest BCUT2D eigenvalue weighted by Crippen LogP contribution is -2.61. The third-order valence-corrected chi connectivity index (χ3v) is 6.72. The normalized spacial score (nSPS) is 15.5. The van der Waals surface area contributed by atoms with Crippen LogP contribution in [0.2, 0.25) is 0 Å². The van der Waals surface area contributed by atoms with Crippen molar-refractivity contribution in [1.82, 2.24) is 15.8 Å². The number of rotatable bonds is 11. The van der Waals surface area contributed by atoms with Crippen molar-refractivity contribution in [2.45, 2.75) is 82.9 Å². The zero-order valence-electron chi connectivity index (χ0n) is 26.1. The van der Waals surface area contributed by atoms with Crippen LogP contribution in [0.15, 0.2) is 36.4 Å². The molecule has 0 saturated carbocycles. The van der Waals surface area contributed by atoms with Gasteiger partial charge >= 0.3 is 18.4 Å². The van der Waals surface area contributed by atoms with E-state index in [0.29, 0.717) is 24.8 Å². The van der Waals surface area contributed by atoms with Gasteiger partial charge in [0.15, 0.2) is 19.8 Å². The Hall–Kier alpha value is -3.90. The molecular weight excluding hydrogens is 641 g/mol. The van der Waals surface area contributed by atoms with Crippen molar-refractivity contribution in [3.63, 3.8) is 0 Å². The number of carbonyl (C=O) groups is 3. The summed E-state index contributed by atoms with van der Waals surface area (Å²) in [6, 6.07) is 8.18. The number of ether oxygens (including phenoxy) is 4. The lowest BCUT2D eigenvalue weighted by atomic mass is 9.93. The molecule has 2 aromatic rings. The SMILES string of the molecule is Bc1nc(C(=O)NNC(=O)[C@](CCCCC2OCCO2)(OCc2ccccc2)C(F)(F)F)c(NC(=O)OC(C)(C)C)cc1C(F)(F)F. The standard InChI is InChI=1S/C29H35BF6N4O7/c1-26(2,3)47-25(43)37-19-15-18(28(31,32)33)22(30)38-21(19)23(41)39-40-24(42)27(29(34,35)36,46-16-17-9-5-4-6-10-17)12-8-7-11-20-44-13-14-45-20/h4-6,9-10,15,20H,7-8,11-14,16,30H2,1-3H3,(H,37,43)(H,39,41)(H,40,42)/t27-/m0/s1. The van der Waals surface area contributed by atoms with E-state index in [0.717, 1.165) is 7.85 Å². The molecule has 1 aromatic carbocycles. The van der Waals surface area contributed by atoms with Crippen LogP contribution in [0.4, 0.5) is 36.8 Å². The number of hydrazine groups is 1. The summed E-state index contributed by atoms with van der Waals surface area (Å²) in [6.07, 6.45) is -12.6. The molecule has 0 aliphatic carbocycles. The predicted octanol–water partition coefficient (Wildman–Crippen LogP) is 3.92. The van der Waals surface area contributed by atoms with Crippen molar-refractivity contribution in [1.29, 1.82) is 0 Å². The van der Waals surface area contributed by atoms with Gasteiger partial charge in [0.1, 0.15) is 5.60 Å². The quantitative estimate of drug-likeness (QED) is 0.141. The Kier molecular flexibility index (Phi) is 12.3. The third-order valence-electron chi connectivity index (χ3n) is 6.72. The molecule has 2 heterocycles. The summed E-state index contributed by atoms with van der Waals surface area (Å²) in [6.45, 7) is 4.51. The van der Waals surface area contributed by atoms with Crippen LogP contribution in [0.25, 0.3) is 0 Å². The number of anilines is 1. The van der Waals surface area contributed by atoms with Crippen LogP contribution in [-0.2, 0) is 36.5 Å². The third kappa shape index (κ3) is 10.6. The average molecular weight is 676 g/mol. The number of carbonyl (C=O) groups excluding carboxylic acids is 3. The molecule has 0 radical (unpaired) electrons. The number of unbranched alkanes of at least 4 members (excludes halogenated alkanes) is 1. The molecule has 3 rings (SSSR count). The number of hydrogen-bond donors (Lipinski definition) is 3. The minimum absolute atomic E-state index is 0.164. The van der Waals surface area contributed by atoms with Gasteiger partial charge in [-0.05, 0) is 58.1 Å². The Morgan fingerprint density at radius 2 is 1.62 bits per heavy atom. The highest BCUT2D eigenvalue weighted by molar-refractivity contribution is 6.32. The minimum Gasteiger partial charge on any atom is -0.444 e. The topological polar surface area (TPSA) is 137 Å². The van der Waals surface area contributed by atoms with Gasteiger partial charge in [-0.2, -0.15) is 26.3 Å². The zero-order chi connectivity index (χ0) is 35.0. The maximum Gasteiger partial charge on any atom is 0.426 e. The van der Waals surface area contributed by atoms with E-state index in [1.165, 1.54) is 32.9 Å². The van der Waals surface area contributed by atoms with Crippen molar-refractivity contribution in [2.24, 2.45) is 0 Å². The number of alkyl halides is 6. The molecule has 0 spiro atoms. The van der Waals surface area contributed by atoms with E-state index in [1.54, 1.807) is 29.1 Å².